The van der Waals surface area contributed by atoms with Crippen LogP contribution in [0.3, 0.4) is 0 Å². The summed E-state index contributed by atoms with van der Waals surface area (Å²) in [5.41, 5.74) is 0.813. The molecule has 1 saturated heterocycles. The molecule has 0 bridgehead atoms. The van der Waals surface area contributed by atoms with Crippen molar-refractivity contribution in [2.45, 2.75) is 31.1 Å². The van der Waals surface area contributed by atoms with Gasteiger partial charge in [-0.25, -0.2) is 8.42 Å². The predicted octanol–water partition coefficient (Wildman–Crippen LogP) is 2.71. The van der Waals surface area contributed by atoms with E-state index < -0.39 is 26.0 Å². The molecule has 8 nitrogen and oxygen atoms in total. The number of nitro groups is 1. The smallest absolute Gasteiger partial charge is 0.289 e. The van der Waals surface area contributed by atoms with Crippen molar-refractivity contribution in [2.24, 2.45) is 0 Å². The zero-order valence-electron chi connectivity index (χ0n) is 17.2. The molecule has 1 amide bonds. The topological polar surface area (TPSA) is 101 Å². The Morgan fingerprint density at radius 3 is 2.13 bits per heavy atom. The minimum atomic E-state index is -4.03. The van der Waals surface area contributed by atoms with E-state index in [1.165, 1.54) is 28.6 Å². The van der Waals surface area contributed by atoms with E-state index in [0.717, 1.165) is 11.1 Å². The molecule has 1 aliphatic rings. The Bertz CT molecular complexity index is 1060. The van der Waals surface area contributed by atoms with Crippen molar-refractivity contribution in [3.05, 3.63) is 69.8 Å². The van der Waals surface area contributed by atoms with Crippen LogP contribution in [0.2, 0.25) is 0 Å². The molecule has 0 radical (unpaired) electrons. The van der Waals surface area contributed by atoms with Gasteiger partial charge in [0.1, 0.15) is 0 Å². The van der Waals surface area contributed by atoms with Crippen LogP contribution in [0.25, 0.3) is 0 Å². The summed E-state index contributed by atoms with van der Waals surface area (Å²) < 4.78 is 27.1. The Morgan fingerprint density at radius 2 is 1.57 bits per heavy atom. The molecule has 0 atom stereocenters. The maximum absolute atomic E-state index is 13.1. The summed E-state index contributed by atoms with van der Waals surface area (Å²) in [5, 5.41) is 11.2. The highest BCUT2D eigenvalue weighted by Gasteiger charge is 2.38. The standard InChI is InChI=1S/C21H25N3O5S/c1-16-8-10-17(11-9-16)21(2,3)20(25)22-12-14-23(15-13-22)30(28,29)19-7-5-4-6-18(19)24(26)27/h4-11H,12-15H2,1-3H3. The quantitative estimate of drug-likeness (QED) is 0.535. The Kier molecular flexibility index (Phi) is 5.96. The summed E-state index contributed by atoms with van der Waals surface area (Å²) >= 11 is 0. The first-order valence-corrected chi connectivity index (χ1v) is 11.1. The van der Waals surface area contributed by atoms with Crippen LogP contribution < -0.4 is 0 Å². The number of nitro benzene ring substituents is 1. The van der Waals surface area contributed by atoms with Crippen molar-refractivity contribution in [3.63, 3.8) is 0 Å². The van der Waals surface area contributed by atoms with Gasteiger partial charge in [0.05, 0.1) is 10.3 Å². The summed E-state index contributed by atoms with van der Waals surface area (Å²) in [7, 11) is -4.03. The van der Waals surface area contributed by atoms with Gasteiger partial charge in [0.2, 0.25) is 15.9 Å². The molecule has 2 aromatic carbocycles. The first-order chi connectivity index (χ1) is 14.0. The van der Waals surface area contributed by atoms with Crippen molar-refractivity contribution in [3.8, 4) is 0 Å². The number of rotatable bonds is 5. The van der Waals surface area contributed by atoms with Gasteiger partial charge in [-0.2, -0.15) is 4.31 Å². The molecule has 3 rings (SSSR count). The lowest BCUT2D eigenvalue weighted by atomic mass is 9.82. The fraction of sp³-hybridized carbons (Fsp3) is 0.381. The van der Waals surface area contributed by atoms with Gasteiger partial charge >= 0.3 is 0 Å². The highest BCUT2D eigenvalue weighted by atomic mass is 32.2. The second-order valence-corrected chi connectivity index (χ2v) is 9.82. The molecular formula is C21H25N3O5S. The number of aryl methyl sites for hydroxylation is 1. The van der Waals surface area contributed by atoms with Crippen LogP contribution >= 0.6 is 0 Å². The summed E-state index contributed by atoms with van der Waals surface area (Å²) in [6.07, 6.45) is 0. The predicted molar refractivity (Wildman–Crippen MR) is 113 cm³/mol. The maximum Gasteiger partial charge on any atom is 0.289 e. The molecule has 160 valence electrons. The zero-order valence-corrected chi connectivity index (χ0v) is 18.1. The lowest BCUT2D eigenvalue weighted by Gasteiger charge is -2.38. The van der Waals surface area contributed by atoms with Gasteiger partial charge in [-0.3, -0.25) is 14.9 Å². The summed E-state index contributed by atoms with van der Waals surface area (Å²) in [4.78, 5) is 25.0. The number of benzene rings is 2. The molecule has 2 aromatic rings. The van der Waals surface area contributed by atoms with E-state index in [2.05, 4.69) is 0 Å². The molecule has 0 unspecified atom stereocenters. The number of amides is 1. The van der Waals surface area contributed by atoms with E-state index in [1.54, 1.807) is 4.90 Å². The molecule has 30 heavy (non-hydrogen) atoms. The zero-order chi connectivity index (χ0) is 22.1. The number of para-hydroxylation sites is 1. The van der Waals surface area contributed by atoms with Gasteiger partial charge in [0, 0.05) is 32.2 Å². The number of sulfonamides is 1. The van der Waals surface area contributed by atoms with Crippen LogP contribution in [0.15, 0.2) is 53.4 Å². The number of carbonyl (C=O) groups excluding carboxylic acids is 1. The minimum Gasteiger partial charge on any atom is -0.339 e. The fourth-order valence-electron chi connectivity index (χ4n) is 3.59. The molecule has 0 aromatic heterocycles. The van der Waals surface area contributed by atoms with E-state index in [-0.39, 0.29) is 37.0 Å². The monoisotopic (exact) mass is 431 g/mol. The molecule has 0 saturated carbocycles. The molecule has 0 aliphatic carbocycles. The lowest BCUT2D eigenvalue weighted by molar-refractivity contribution is -0.387. The van der Waals surface area contributed by atoms with Crippen molar-refractivity contribution in [1.29, 1.82) is 0 Å². The molecule has 1 fully saturated rings. The highest BCUT2D eigenvalue weighted by Crippen LogP contribution is 2.29. The van der Waals surface area contributed by atoms with Crippen molar-refractivity contribution in [2.75, 3.05) is 26.2 Å². The number of carbonyl (C=O) groups is 1. The van der Waals surface area contributed by atoms with Crippen molar-refractivity contribution in [1.82, 2.24) is 9.21 Å². The van der Waals surface area contributed by atoms with Crippen LogP contribution in [-0.4, -0.2) is 54.6 Å². The molecule has 0 spiro atoms. The van der Waals surface area contributed by atoms with E-state index in [0.29, 0.717) is 0 Å². The largest absolute Gasteiger partial charge is 0.339 e. The van der Waals surface area contributed by atoms with E-state index in [4.69, 9.17) is 0 Å². The van der Waals surface area contributed by atoms with Crippen LogP contribution in [0.4, 0.5) is 5.69 Å². The second-order valence-electron chi connectivity index (χ2n) is 7.91. The van der Waals surface area contributed by atoms with Crippen LogP contribution in [-0.2, 0) is 20.2 Å². The maximum atomic E-state index is 13.1. The fourth-order valence-corrected chi connectivity index (χ4v) is 5.17. The van der Waals surface area contributed by atoms with Gasteiger partial charge < -0.3 is 4.90 Å². The molecular weight excluding hydrogens is 406 g/mol. The molecule has 0 N–H and O–H groups in total. The molecule has 9 heteroatoms. The highest BCUT2D eigenvalue weighted by molar-refractivity contribution is 7.89. The third-order valence-electron chi connectivity index (χ3n) is 5.51. The Morgan fingerprint density at radius 1 is 1.00 bits per heavy atom. The van der Waals surface area contributed by atoms with E-state index >= 15 is 0 Å². The van der Waals surface area contributed by atoms with Crippen molar-refractivity contribution >= 4 is 21.6 Å². The Balaban J connectivity index is 1.75. The van der Waals surface area contributed by atoms with Crippen LogP contribution in [0.1, 0.15) is 25.0 Å². The van der Waals surface area contributed by atoms with E-state index in [9.17, 15) is 23.3 Å². The van der Waals surface area contributed by atoms with Crippen molar-refractivity contribution < 1.29 is 18.1 Å². The van der Waals surface area contributed by atoms with Gasteiger partial charge in [0.25, 0.3) is 5.69 Å². The van der Waals surface area contributed by atoms with Crippen LogP contribution in [0, 0.1) is 17.0 Å². The summed E-state index contributed by atoms with van der Waals surface area (Å²) in [6, 6.07) is 13.1. The van der Waals surface area contributed by atoms with Gasteiger partial charge in [-0.1, -0.05) is 42.0 Å². The number of piperazine rings is 1. The molecule has 1 aliphatic heterocycles. The van der Waals surface area contributed by atoms with Crippen LogP contribution in [0.5, 0.6) is 0 Å². The Hall–Kier alpha value is -2.78. The first kappa shape index (κ1) is 21.9. The Labute approximate surface area is 176 Å². The van der Waals surface area contributed by atoms with E-state index in [1.807, 2.05) is 45.0 Å². The lowest BCUT2D eigenvalue weighted by Crippen LogP contribution is -2.54. The number of nitrogens with zero attached hydrogens (tertiary/aromatic N) is 3. The first-order valence-electron chi connectivity index (χ1n) is 9.65. The molecule has 1 heterocycles. The average Bonchev–Trinajstić information content (AvgIpc) is 2.73. The normalized spacial score (nSPS) is 15.8. The van der Waals surface area contributed by atoms with Gasteiger partial charge in [0.15, 0.2) is 4.90 Å². The minimum absolute atomic E-state index is 0.0749. The third kappa shape index (κ3) is 4.08. The summed E-state index contributed by atoms with van der Waals surface area (Å²) in [6.45, 7) is 6.33. The number of hydrogen-bond acceptors (Lipinski definition) is 5. The number of hydrogen-bond donors (Lipinski definition) is 0. The summed E-state index contributed by atoms with van der Waals surface area (Å²) in [5.74, 6) is -0.0749. The third-order valence-corrected chi connectivity index (χ3v) is 7.46. The van der Waals surface area contributed by atoms with Gasteiger partial charge in [-0.15, -0.1) is 0 Å². The second kappa shape index (κ2) is 8.16. The average molecular weight is 432 g/mol. The SMILES string of the molecule is Cc1ccc(C(C)(C)C(=O)N2CCN(S(=O)(=O)c3ccccc3[N+](=O)[O-])CC2)cc1. The van der Waals surface area contributed by atoms with Gasteiger partial charge in [-0.05, 0) is 32.4 Å².